The van der Waals surface area contributed by atoms with Crippen molar-refractivity contribution < 1.29 is 9.59 Å². The van der Waals surface area contributed by atoms with E-state index in [9.17, 15) is 9.59 Å². The van der Waals surface area contributed by atoms with Gasteiger partial charge in [-0.3, -0.25) is 9.59 Å². The fourth-order valence-corrected chi connectivity index (χ4v) is 4.31. The maximum Gasteiger partial charge on any atom is 0.282 e. The van der Waals surface area contributed by atoms with E-state index in [2.05, 4.69) is 20.3 Å². The molecule has 1 amide bonds. The van der Waals surface area contributed by atoms with E-state index in [1.807, 2.05) is 18.2 Å². The molecular weight excluding hydrogens is 358 g/mol. The number of fused-ring (bicyclic) bond motifs is 2. The van der Waals surface area contributed by atoms with Crippen LogP contribution in [-0.4, -0.2) is 45.0 Å². The van der Waals surface area contributed by atoms with Gasteiger partial charge in [-0.15, -0.1) is 0 Å². The highest BCUT2D eigenvalue weighted by molar-refractivity contribution is 8.14. The van der Waals surface area contributed by atoms with Gasteiger partial charge in [0.15, 0.2) is 15.9 Å². The molecule has 0 spiro atoms. The third kappa shape index (κ3) is 2.96. The number of hydrogen-bond acceptors (Lipinski definition) is 8. The second-order valence-electron chi connectivity index (χ2n) is 5.69. The Kier molecular flexibility index (Phi) is 3.89. The highest BCUT2D eigenvalue weighted by Crippen LogP contribution is 2.35. The van der Waals surface area contributed by atoms with Crippen LogP contribution in [0.5, 0.6) is 0 Å². The summed E-state index contributed by atoms with van der Waals surface area (Å²) in [5.41, 5.74) is 2.41. The topological polar surface area (TPSA) is 88.1 Å². The molecule has 0 fully saturated rings. The second-order valence-corrected chi connectivity index (χ2v) is 7.77. The van der Waals surface area contributed by atoms with Gasteiger partial charge in [0.1, 0.15) is 16.7 Å². The highest BCUT2D eigenvalue weighted by Gasteiger charge is 2.20. The van der Waals surface area contributed by atoms with Gasteiger partial charge in [0.25, 0.3) is 5.91 Å². The van der Waals surface area contributed by atoms with E-state index < -0.39 is 0 Å². The van der Waals surface area contributed by atoms with Crippen LogP contribution >= 0.6 is 23.1 Å². The Balaban J connectivity index is 1.69. The normalized spacial score (nSPS) is 13.1. The summed E-state index contributed by atoms with van der Waals surface area (Å²) in [6, 6.07) is 5.78. The molecule has 3 heterocycles. The maximum absolute atomic E-state index is 12.1. The first-order valence-corrected chi connectivity index (χ1v) is 9.08. The molecule has 1 N–H and O–H groups in total. The lowest BCUT2D eigenvalue weighted by molar-refractivity contribution is -0.110. The fraction of sp³-hybridized carbons (Fsp3) is 0.188. The van der Waals surface area contributed by atoms with E-state index in [1.54, 1.807) is 14.1 Å². The summed E-state index contributed by atoms with van der Waals surface area (Å²) in [5, 5.41) is 3.75. The van der Waals surface area contributed by atoms with Crippen molar-refractivity contribution in [3.05, 3.63) is 35.1 Å². The Morgan fingerprint density at radius 1 is 1.28 bits per heavy atom. The van der Waals surface area contributed by atoms with E-state index in [4.69, 9.17) is 0 Å². The average Bonchev–Trinajstić information content (AvgIpc) is 3.16. The van der Waals surface area contributed by atoms with E-state index in [0.29, 0.717) is 27.6 Å². The van der Waals surface area contributed by atoms with E-state index in [1.165, 1.54) is 34.3 Å². The smallest absolute Gasteiger partial charge is 0.282 e. The monoisotopic (exact) mass is 371 g/mol. The van der Waals surface area contributed by atoms with Crippen LogP contribution in [0, 0.1) is 0 Å². The van der Waals surface area contributed by atoms with Gasteiger partial charge in [-0.2, -0.15) is 0 Å². The van der Waals surface area contributed by atoms with Crippen molar-refractivity contribution in [1.82, 2.24) is 19.9 Å². The molecule has 1 aliphatic rings. The van der Waals surface area contributed by atoms with Crippen LogP contribution in [0.2, 0.25) is 0 Å². The lowest BCUT2D eigenvalue weighted by Crippen LogP contribution is -2.21. The zero-order valence-electron chi connectivity index (χ0n) is 13.4. The Morgan fingerprint density at radius 3 is 2.92 bits per heavy atom. The van der Waals surface area contributed by atoms with Crippen molar-refractivity contribution in [1.29, 1.82) is 0 Å². The van der Waals surface area contributed by atoms with Gasteiger partial charge in [0.2, 0.25) is 0 Å². The Hall–Kier alpha value is -2.52. The Labute approximate surface area is 151 Å². The zero-order valence-corrected chi connectivity index (χ0v) is 15.1. The number of nitrogens with one attached hydrogen (secondary N) is 1. The number of thiazole rings is 1. The van der Waals surface area contributed by atoms with Crippen LogP contribution in [0.25, 0.3) is 10.3 Å². The van der Waals surface area contributed by atoms with Crippen molar-refractivity contribution in [2.24, 2.45) is 0 Å². The molecule has 0 radical (unpaired) electrons. The highest BCUT2D eigenvalue weighted by atomic mass is 32.2. The van der Waals surface area contributed by atoms with Gasteiger partial charge in [-0.1, -0.05) is 29.2 Å². The summed E-state index contributed by atoms with van der Waals surface area (Å²) in [5.74, 6) is 0.370. The van der Waals surface area contributed by atoms with Gasteiger partial charge in [-0.05, 0) is 17.7 Å². The first-order chi connectivity index (χ1) is 12.0. The first-order valence-electron chi connectivity index (χ1n) is 7.45. The Morgan fingerprint density at radius 2 is 2.12 bits per heavy atom. The van der Waals surface area contributed by atoms with Crippen LogP contribution in [0.1, 0.15) is 15.4 Å². The molecule has 0 unspecified atom stereocenters. The minimum atomic E-state index is -0.165. The van der Waals surface area contributed by atoms with Gasteiger partial charge < -0.3 is 10.2 Å². The minimum Gasteiger partial charge on any atom is -0.343 e. The summed E-state index contributed by atoms with van der Waals surface area (Å²) >= 11 is 2.49. The molecule has 7 nitrogen and oxygen atoms in total. The lowest BCUT2D eigenvalue weighted by Gasteiger charge is -2.07. The molecule has 9 heteroatoms. The van der Waals surface area contributed by atoms with Crippen LogP contribution in [0.15, 0.2) is 29.4 Å². The SMILES string of the molecule is CN(C)C(=O)c1nc2c(Nc3ccc4c(c3)SC(=O)C4)ncnc2s1. The summed E-state index contributed by atoms with van der Waals surface area (Å²) < 4.78 is 0. The summed E-state index contributed by atoms with van der Waals surface area (Å²) in [6.45, 7) is 0. The molecule has 3 aromatic rings. The zero-order chi connectivity index (χ0) is 17.6. The van der Waals surface area contributed by atoms with Crippen molar-refractivity contribution in [2.75, 3.05) is 19.4 Å². The molecular formula is C16H13N5O2S2. The number of anilines is 2. The average molecular weight is 371 g/mol. The minimum absolute atomic E-state index is 0.155. The summed E-state index contributed by atoms with van der Waals surface area (Å²) in [7, 11) is 3.37. The van der Waals surface area contributed by atoms with Crippen LogP contribution < -0.4 is 5.32 Å². The lowest BCUT2D eigenvalue weighted by atomic mass is 10.1. The first kappa shape index (κ1) is 16.0. The molecule has 0 atom stereocenters. The number of nitrogens with zero attached hydrogens (tertiary/aromatic N) is 4. The summed E-state index contributed by atoms with van der Waals surface area (Å²) in [6.07, 6.45) is 1.92. The predicted octanol–water partition coefficient (Wildman–Crippen LogP) is 2.71. The molecule has 25 heavy (non-hydrogen) atoms. The molecule has 0 bridgehead atoms. The standard InChI is InChI=1S/C16H13N5O2S2/c1-21(2)16(23)15-20-12-13(17-7-18-14(12)25-15)19-9-4-3-8-5-11(22)24-10(8)6-9/h3-4,6-7H,5H2,1-2H3,(H,17,18,19). The van der Waals surface area contributed by atoms with Crippen molar-refractivity contribution in [2.45, 2.75) is 11.3 Å². The van der Waals surface area contributed by atoms with Gasteiger partial charge in [0.05, 0.1) is 0 Å². The van der Waals surface area contributed by atoms with Gasteiger partial charge >= 0.3 is 0 Å². The van der Waals surface area contributed by atoms with Gasteiger partial charge in [-0.25, -0.2) is 15.0 Å². The largest absolute Gasteiger partial charge is 0.343 e. The second kappa shape index (κ2) is 6.08. The van der Waals surface area contributed by atoms with Gasteiger partial charge in [0, 0.05) is 31.1 Å². The van der Waals surface area contributed by atoms with Crippen molar-refractivity contribution >= 4 is 56.0 Å². The van der Waals surface area contributed by atoms with Crippen LogP contribution in [0.3, 0.4) is 0 Å². The molecule has 4 rings (SSSR count). The molecule has 0 saturated heterocycles. The number of benzene rings is 1. The quantitative estimate of drug-likeness (QED) is 0.757. The summed E-state index contributed by atoms with van der Waals surface area (Å²) in [4.78, 5) is 39.6. The predicted molar refractivity (Wildman–Crippen MR) is 97.5 cm³/mol. The number of thioether (sulfide) groups is 1. The van der Waals surface area contributed by atoms with Crippen molar-refractivity contribution in [3.8, 4) is 0 Å². The molecule has 1 aromatic carbocycles. The molecule has 0 saturated carbocycles. The number of amides is 1. The molecule has 2 aromatic heterocycles. The fourth-order valence-electron chi connectivity index (χ4n) is 2.45. The molecule has 1 aliphatic heterocycles. The van der Waals surface area contributed by atoms with Crippen molar-refractivity contribution in [3.63, 3.8) is 0 Å². The number of carbonyl (C=O) groups excluding carboxylic acids is 2. The maximum atomic E-state index is 12.1. The van der Waals surface area contributed by atoms with E-state index >= 15 is 0 Å². The third-order valence-corrected chi connectivity index (χ3v) is 5.60. The number of aromatic nitrogens is 3. The number of carbonyl (C=O) groups is 2. The molecule has 126 valence electrons. The van der Waals surface area contributed by atoms with Crippen LogP contribution in [-0.2, 0) is 11.2 Å². The van der Waals surface area contributed by atoms with E-state index in [-0.39, 0.29) is 11.0 Å². The number of rotatable bonds is 3. The van der Waals surface area contributed by atoms with Crippen LogP contribution in [0.4, 0.5) is 11.5 Å². The molecule has 0 aliphatic carbocycles. The third-order valence-electron chi connectivity index (χ3n) is 3.67. The number of hydrogen-bond donors (Lipinski definition) is 1. The Bertz CT molecular complexity index is 1010. The van der Waals surface area contributed by atoms with E-state index in [0.717, 1.165) is 16.1 Å².